The van der Waals surface area contributed by atoms with Gasteiger partial charge in [0.15, 0.2) is 0 Å². The van der Waals surface area contributed by atoms with Crippen LogP contribution in [0.5, 0.6) is 5.75 Å². The molecule has 0 atom stereocenters. The molecule has 0 N–H and O–H groups in total. The molecule has 1 nitrogen and oxygen atoms in total. The first kappa shape index (κ1) is 9.46. The predicted octanol–water partition coefficient (Wildman–Crippen LogP) is 3.67. The van der Waals surface area contributed by atoms with Crippen LogP contribution in [0.3, 0.4) is 0 Å². The Kier molecular flexibility index (Phi) is 2.19. The van der Waals surface area contributed by atoms with Gasteiger partial charge in [-0.15, -0.1) is 11.3 Å². The quantitative estimate of drug-likeness (QED) is 0.698. The van der Waals surface area contributed by atoms with Crippen LogP contribution in [0.15, 0.2) is 12.1 Å². The fraction of sp³-hybridized carbons (Fsp3) is 0.273. The molecule has 2 rings (SSSR count). The van der Waals surface area contributed by atoms with Gasteiger partial charge in [0.25, 0.3) is 0 Å². The van der Waals surface area contributed by atoms with Crippen LogP contribution in [0, 0.1) is 19.7 Å². The Morgan fingerprint density at radius 2 is 2.00 bits per heavy atom. The number of methoxy groups -OCH3 is 1. The first-order chi connectivity index (χ1) is 6.65. The number of hydrogen-bond acceptors (Lipinski definition) is 2. The highest BCUT2D eigenvalue weighted by Crippen LogP contribution is 2.37. The number of aryl methyl sites for hydroxylation is 2. The van der Waals surface area contributed by atoms with E-state index in [9.17, 15) is 4.39 Å². The molecule has 0 saturated heterocycles. The molecule has 0 unspecified atom stereocenters. The lowest BCUT2D eigenvalue weighted by atomic mass is 10.1. The minimum atomic E-state index is -0.164. The largest absolute Gasteiger partial charge is 0.495 e. The van der Waals surface area contributed by atoms with Crippen LogP contribution in [-0.4, -0.2) is 7.11 Å². The van der Waals surface area contributed by atoms with Crippen molar-refractivity contribution in [3.8, 4) is 5.75 Å². The van der Waals surface area contributed by atoms with Gasteiger partial charge >= 0.3 is 0 Å². The van der Waals surface area contributed by atoms with Gasteiger partial charge in [-0.05, 0) is 31.5 Å². The zero-order valence-corrected chi connectivity index (χ0v) is 9.17. The predicted molar refractivity (Wildman–Crippen MR) is 57.8 cm³/mol. The summed E-state index contributed by atoms with van der Waals surface area (Å²) in [5.41, 5.74) is 1.02. The van der Waals surface area contributed by atoms with E-state index in [0.29, 0.717) is 5.39 Å². The standard InChI is InChI=1S/C11H11FOS/c1-6-7(2)14-11-9(13-3)5-4-8(12)10(6)11/h4-5H,1-3H3. The van der Waals surface area contributed by atoms with Crippen LogP contribution in [0.4, 0.5) is 4.39 Å². The number of hydrogen-bond donors (Lipinski definition) is 0. The highest BCUT2D eigenvalue weighted by Gasteiger charge is 2.13. The smallest absolute Gasteiger partial charge is 0.136 e. The SMILES string of the molecule is COc1ccc(F)c2c(C)c(C)sc12. The molecule has 0 aliphatic heterocycles. The molecule has 0 spiro atoms. The van der Waals surface area contributed by atoms with Crippen molar-refractivity contribution in [1.29, 1.82) is 0 Å². The summed E-state index contributed by atoms with van der Waals surface area (Å²) in [4.78, 5) is 1.14. The molecule has 74 valence electrons. The fourth-order valence-electron chi connectivity index (χ4n) is 1.56. The Morgan fingerprint density at radius 3 is 2.64 bits per heavy atom. The summed E-state index contributed by atoms with van der Waals surface area (Å²) in [5, 5.41) is 0.701. The van der Waals surface area contributed by atoms with Gasteiger partial charge in [-0.3, -0.25) is 0 Å². The average Bonchev–Trinajstić information content (AvgIpc) is 2.45. The first-order valence-electron chi connectivity index (χ1n) is 4.37. The fourth-order valence-corrected chi connectivity index (χ4v) is 2.72. The van der Waals surface area contributed by atoms with Gasteiger partial charge in [0.1, 0.15) is 11.6 Å². The van der Waals surface area contributed by atoms with Gasteiger partial charge in [-0.2, -0.15) is 0 Å². The Bertz CT molecular complexity index is 487. The van der Waals surface area contributed by atoms with Crippen molar-refractivity contribution in [2.24, 2.45) is 0 Å². The van der Waals surface area contributed by atoms with Crippen LogP contribution in [0.1, 0.15) is 10.4 Å². The third kappa shape index (κ3) is 1.20. The molecule has 0 amide bonds. The molecule has 0 radical (unpaired) electrons. The van der Waals surface area contributed by atoms with Crippen molar-refractivity contribution in [1.82, 2.24) is 0 Å². The molecule has 0 fully saturated rings. The Labute approximate surface area is 86.1 Å². The molecule has 1 heterocycles. The molecule has 0 aliphatic carbocycles. The lowest BCUT2D eigenvalue weighted by Gasteiger charge is -2.01. The number of ether oxygens (including phenoxy) is 1. The van der Waals surface area contributed by atoms with Crippen molar-refractivity contribution < 1.29 is 9.13 Å². The van der Waals surface area contributed by atoms with Crippen LogP contribution in [0.25, 0.3) is 10.1 Å². The van der Waals surface area contributed by atoms with E-state index >= 15 is 0 Å². The third-order valence-corrected chi connectivity index (χ3v) is 3.67. The van der Waals surface area contributed by atoms with E-state index in [4.69, 9.17) is 4.74 Å². The summed E-state index contributed by atoms with van der Waals surface area (Å²) in [6.07, 6.45) is 0. The zero-order chi connectivity index (χ0) is 10.3. The monoisotopic (exact) mass is 210 g/mol. The molecule has 3 heteroatoms. The first-order valence-corrected chi connectivity index (χ1v) is 5.19. The van der Waals surface area contributed by atoms with Gasteiger partial charge in [-0.25, -0.2) is 4.39 Å². The summed E-state index contributed by atoms with van der Waals surface area (Å²) >= 11 is 1.58. The maximum Gasteiger partial charge on any atom is 0.136 e. The van der Waals surface area contributed by atoms with Crippen molar-refractivity contribution >= 4 is 21.4 Å². The maximum absolute atomic E-state index is 13.5. The van der Waals surface area contributed by atoms with Crippen molar-refractivity contribution in [3.05, 3.63) is 28.4 Å². The number of halogens is 1. The molecular weight excluding hydrogens is 199 g/mol. The molecule has 0 aliphatic rings. The zero-order valence-electron chi connectivity index (χ0n) is 8.35. The van der Waals surface area contributed by atoms with E-state index in [0.717, 1.165) is 20.9 Å². The van der Waals surface area contributed by atoms with Crippen LogP contribution >= 0.6 is 11.3 Å². The Hall–Kier alpha value is -1.09. The second kappa shape index (κ2) is 3.24. The lowest BCUT2D eigenvalue weighted by molar-refractivity contribution is 0.420. The van der Waals surface area contributed by atoms with Crippen LogP contribution < -0.4 is 4.74 Å². The van der Waals surface area contributed by atoms with E-state index < -0.39 is 0 Å². The van der Waals surface area contributed by atoms with Gasteiger partial charge in [0.2, 0.25) is 0 Å². The third-order valence-electron chi connectivity index (χ3n) is 2.45. The number of benzene rings is 1. The number of rotatable bonds is 1. The topological polar surface area (TPSA) is 9.23 Å². The lowest BCUT2D eigenvalue weighted by Crippen LogP contribution is -1.85. The summed E-state index contributed by atoms with van der Waals surface area (Å²) < 4.78 is 19.6. The van der Waals surface area contributed by atoms with Crippen molar-refractivity contribution in [2.45, 2.75) is 13.8 Å². The molecule has 1 aromatic carbocycles. The number of thiophene rings is 1. The van der Waals surface area contributed by atoms with Gasteiger partial charge in [0, 0.05) is 10.3 Å². The number of fused-ring (bicyclic) bond motifs is 1. The second-order valence-electron chi connectivity index (χ2n) is 3.24. The van der Waals surface area contributed by atoms with Crippen molar-refractivity contribution in [2.75, 3.05) is 7.11 Å². The van der Waals surface area contributed by atoms with Crippen LogP contribution in [0.2, 0.25) is 0 Å². The van der Waals surface area contributed by atoms with Crippen molar-refractivity contribution in [3.63, 3.8) is 0 Å². The van der Waals surface area contributed by atoms with Gasteiger partial charge in [-0.1, -0.05) is 0 Å². The Morgan fingerprint density at radius 1 is 1.29 bits per heavy atom. The molecule has 14 heavy (non-hydrogen) atoms. The normalized spacial score (nSPS) is 10.9. The highest BCUT2D eigenvalue weighted by molar-refractivity contribution is 7.19. The summed E-state index contributed by atoms with van der Waals surface area (Å²) in [6.45, 7) is 3.94. The van der Waals surface area contributed by atoms with E-state index in [1.165, 1.54) is 6.07 Å². The minimum Gasteiger partial charge on any atom is -0.495 e. The summed E-state index contributed by atoms with van der Waals surface area (Å²) in [5.74, 6) is 0.588. The second-order valence-corrected chi connectivity index (χ2v) is 4.46. The molecular formula is C11H11FOS. The molecule has 2 aromatic rings. The van der Waals surface area contributed by atoms with Gasteiger partial charge < -0.3 is 4.74 Å². The van der Waals surface area contributed by atoms with Crippen LogP contribution in [-0.2, 0) is 0 Å². The Balaban J connectivity index is 2.91. The molecule has 0 bridgehead atoms. The van der Waals surface area contributed by atoms with E-state index in [-0.39, 0.29) is 5.82 Å². The van der Waals surface area contributed by atoms with E-state index in [1.54, 1.807) is 24.5 Å². The highest BCUT2D eigenvalue weighted by atomic mass is 32.1. The maximum atomic E-state index is 13.5. The average molecular weight is 210 g/mol. The minimum absolute atomic E-state index is 0.164. The summed E-state index contributed by atoms with van der Waals surface area (Å²) in [7, 11) is 1.61. The van der Waals surface area contributed by atoms with E-state index in [2.05, 4.69) is 0 Å². The summed E-state index contributed by atoms with van der Waals surface area (Å²) in [6, 6.07) is 3.13. The molecule has 0 saturated carbocycles. The molecule has 1 aromatic heterocycles. The van der Waals surface area contributed by atoms with Gasteiger partial charge in [0.05, 0.1) is 11.8 Å². The van der Waals surface area contributed by atoms with E-state index in [1.807, 2.05) is 13.8 Å².